The van der Waals surface area contributed by atoms with Crippen LogP contribution in [0.3, 0.4) is 0 Å². The molecule has 3 N–H and O–H groups in total. The van der Waals surface area contributed by atoms with Crippen molar-refractivity contribution in [1.82, 2.24) is 9.97 Å². The molecule has 6 heteroatoms. The third-order valence-electron chi connectivity index (χ3n) is 4.39. The normalized spacial score (nSPS) is 22.0. The molecule has 0 spiro atoms. The highest BCUT2D eigenvalue weighted by Gasteiger charge is 2.32. The molecule has 2 atom stereocenters. The Bertz CT molecular complexity index is 820. The van der Waals surface area contributed by atoms with Gasteiger partial charge in [0.2, 0.25) is 0 Å². The van der Waals surface area contributed by atoms with E-state index < -0.39 is 6.17 Å². The molecule has 1 aliphatic heterocycles. The molecule has 2 aromatic rings. The average molecular weight is 327 g/mol. The molecule has 1 unspecified atom stereocenters. The molecule has 0 amide bonds. The van der Waals surface area contributed by atoms with Gasteiger partial charge in [-0.15, -0.1) is 0 Å². The van der Waals surface area contributed by atoms with Crippen molar-refractivity contribution < 1.29 is 4.39 Å². The van der Waals surface area contributed by atoms with Crippen LogP contribution in [0.1, 0.15) is 25.8 Å². The molecule has 3 rings (SSSR count). The van der Waals surface area contributed by atoms with Crippen LogP contribution in [0.5, 0.6) is 0 Å². The zero-order chi connectivity index (χ0) is 17.3. The number of aromatic amines is 1. The summed E-state index contributed by atoms with van der Waals surface area (Å²) in [6.45, 7) is 8.18. The molecule has 3 heterocycles. The van der Waals surface area contributed by atoms with Gasteiger partial charge in [-0.1, -0.05) is 12.7 Å². The van der Waals surface area contributed by atoms with Gasteiger partial charge in [-0.25, -0.2) is 14.4 Å². The van der Waals surface area contributed by atoms with Crippen molar-refractivity contribution in [1.29, 1.82) is 0 Å². The number of hydrogen-bond acceptors (Lipinski definition) is 4. The average Bonchev–Trinajstić information content (AvgIpc) is 3.11. The van der Waals surface area contributed by atoms with Crippen LogP contribution in [0.4, 0.5) is 10.1 Å². The Morgan fingerprint density at radius 1 is 1.58 bits per heavy atom. The lowest BCUT2D eigenvalue weighted by molar-refractivity contribution is 0.321. The predicted octanol–water partition coefficient (Wildman–Crippen LogP) is 3.29. The van der Waals surface area contributed by atoms with E-state index in [1.54, 1.807) is 6.20 Å². The first-order valence-electron chi connectivity index (χ1n) is 8.06. The molecule has 2 aromatic heterocycles. The topological polar surface area (TPSA) is 70.3 Å². The number of pyridine rings is 1. The summed E-state index contributed by atoms with van der Waals surface area (Å²) < 4.78 is 14.0. The minimum atomic E-state index is -0.817. The molecule has 5 nitrogen and oxygen atoms in total. The molecule has 126 valence electrons. The quantitative estimate of drug-likeness (QED) is 0.847. The Balaban J connectivity index is 2.19. The lowest BCUT2D eigenvalue weighted by Crippen LogP contribution is -2.30. The molecule has 1 aliphatic rings. The van der Waals surface area contributed by atoms with Crippen molar-refractivity contribution in [2.75, 3.05) is 11.4 Å². The molecule has 0 aromatic carbocycles. The fourth-order valence-electron chi connectivity index (χ4n) is 3.22. The fraction of sp³-hybridized carbons (Fsp3) is 0.333. The number of halogens is 1. The lowest BCUT2D eigenvalue weighted by Gasteiger charge is -2.25. The number of allylic oxidation sites excluding steroid dienone is 2. The number of nitrogens with zero attached hydrogens (tertiary/aromatic N) is 3. The van der Waals surface area contributed by atoms with Gasteiger partial charge in [-0.2, -0.15) is 0 Å². The molecule has 1 saturated heterocycles. The number of aliphatic imine (C=N–C) groups is 1. The first-order valence-corrected chi connectivity index (χ1v) is 8.06. The number of nitrogens with one attached hydrogen (secondary N) is 1. The molecule has 24 heavy (non-hydrogen) atoms. The summed E-state index contributed by atoms with van der Waals surface area (Å²) in [5.41, 5.74) is 8.97. The highest BCUT2D eigenvalue weighted by atomic mass is 19.1. The first-order chi connectivity index (χ1) is 11.5. The number of aromatic nitrogens is 2. The third-order valence-corrected chi connectivity index (χ3v) is 4.39. The van der Waals surface area contributed by atoms with Crippen molar-refractivity contribution in [3.63, 3.8) is 0 Å². The molecule has 0 radical (unpaired) electrons. The van der Waals surface area contributed by atoms with Gasteiger partial charge in [0.1, 0.15) is 17.6 Å². The van der Waals surface area contributed by atoms with Gasteiger partial charge in [0.05, 0.1) is 22.8 Å². The van der Waals surface area contributed by atoms with E-state index in [2.05, 4.69) is 26.4 Å². The van der Waals surface area contributed by atoms with Crippen LogP contribution in [0.15, 0.2) is 48.0 Å². The largest absolute Gasteiger partial charge is 0.384 e. The monoisotopic (exact) mass is 327 g/mol. The van der Waals surface area contributed by atoms with Crippen LogP contribution >= 0.6 is 0 Å². The van der Waals surface area contributed by atoms with E-state index in [0.29, 0.717) is 18.7 Å². The van der Waals surface area contributed by atoms with Crippen LogP contribution in [-0.2, 0) is 0 Å². The number of alkyl halides is 1. The number of hydrogen-bond donors (Lipinski definition) is 2. The van der Waals surface area contributed by atoms with Gasteiger partial charge in [0.15, 0.2) is 0 Å². The summed E-state index contributed by atoms with van der Waals surface area (Å²) in [6.07, 6.45) is 7.10. The van der Waals surface area contributed by atoms with Crippen LogP contribution in [0.25, 0.3) is 11.0 Å². The van der Waals surface area contributed by atoms with Crippen molar-refractivity contribution in [2.45, 2.75) is 32.5 Å². The summed E-state index contributed by atoms with van der Waals surface area (Å²) in [5.74, 6) is 0.237. The Kier molecular flexibility index (Phi) is 4.38. The van der Waals surface area contributed by atoms with Gasteiger partial charge in [-0.05, 0) is 32.4 Å². The number of nitrogens with two attached hydrogens (primary N) is 1. The van der Waals surface area contributed by atoms with E-state index in [1.807, 2.05) is 38.3 Å². The van der Waals surface area contributed by atoms with E-state index in [0.717, 1.165) is 22.3 Å². The van der Waals surface area contributed by atoms with Gasteiger partial charge >= 0.3 is 0 Å². The summed E-state index contributed by atoms with van der Waals surface area (Å²) in [5, 5.41) is 0.927. The van der Waals surface area contributed by atoms with E-state index in [1.165, 1.54) is 0 Å². The highest BCUT2D eigenvalue weighted by Crippen LogP contribution is 2.34. The van der Waals surface area contributed by atoms with E-state index in [4.69, 9.17) is 5.73 Å². The molecule has 0 bridgehead atoms. The maximum absolute atomic E-state index is 14.0. The van der Waals surface area contributed by atoms with E-state index in [-0.39, 0.29) is 11.9 Å². The summed E-state index contributed by atoms with van der Waals surface area (Å²) >= 11 is 0. The van der Waals surface area contributed by atoms with Crippen LogP contribution in [0, 0.1) is 0 Å². The summed E-state index contributed by atoms with van der Waals surface area (Å²) in [6, 6.07) is 1.77. The molecule has 0 aliphatic carbocycles. The van der Waals surface area contributed by atoms with Crippen LogP contribution in [0.2, 0.25) is 0 Å². The third kappa shape index (κ3) is 2.79. The predicted molar refractivity (Wildman–Crippen MR) is 97.1 cm³/mol. The molecule has 0 saturated carbocycles. The summed E-state index contributed by atoms with van der Waals surface area (Å²) in [4.78, 5) is 14.0. The van der Waals surface area contributed by atoms with Crippen molar-refractivity contribution in [3.8, 4) is 0 Å². The second-order valence-electron chi connectivity index (χ2n) is 5.98. The summed E-state index contributed by atoms with van der Waals surface area (Å²) in [7, 11) is 0. The standard InChI is InChI=1S/C18H22FN5/c1-4-5-15(23-12(3)20)13-10-22-18-17(13)16(6-8-21-18)24-9-7-14(19)11(24)2/h4-6,8,10-11,14H,3,7,9,20H2,1-2H3,(H,21,22)/b5-4-,23-15+/t11-,14?/m1/s1. The van der Waals surface area contributed by atoms with Gasteiger partial charge in [0.25, 0.3) is 0 Å². The van der Waals surface area contributed by atoms with Crippen molar-refractivity contribution in [3.05, 3.63) is 48.6 Å². The first kappa shape index (κ1) is 16.2. The SMILES string of the molecule is C=C(N)/N=C(\C=C/C)c1c[nH]c2nccc(N3CCC(F)[C@H]3C)c12. The smallest absolute Gasteiger partial charge is 0.140 e. The molecular formula is C18H22FN5. The van der Waals surface area contributed by atoms with E-state index in [9.17, 15) is 4.39 Å². The Labute approximate surface area is 140 Å². The highest BCUT2D eigenvalue weighted by molar-refractivity contribution is 6.18. The Hall–Kier alpha value is -2.63. The maximum Gasteiger partial charge on any atom is 0.140 e. The Morgan fingerprint density at radius 3 is 3.00 bits per heavy atom. The minimum Gasteiger partial charge on any atom is -0.384 e. The molecule has 1 fully saturated rings. The van der Waals surface area contributed by atoms with Gasteiger partial charge < -0.3 is 15.6 Å². The molecular weight excluding hydrogens is 305 g/mol. The van der Waals surface area contributed by atoms with Crippen LogP contribution in [-0.4, -0.2) is 34.4 Å². The van der Waals surface area contributed by atoms with Gasteiger partial charge in [-0.3, -0.25) is 0 Å². The Morgan fingerprint density at radius 2 is 2.38 bits per heavy atom. The second kappa shape index (κ2) is 6.47. The number of anilines is 1. The van der Waals surface area contributed by atoms with Gasteiger partial charge in [0, 0.05) is 24.5 Å². The zero-order valence-corrected chi connectivity index (χ0v) is 14.0. The zero-order valence-electron chi connectivity index (χ0n) is 14.0. The van der Waals surface area contributed by atoms with Crippen LogP contribution < -0.4 is 10.6 Å². The number of fused-ring (bicyclic) bond motifs is 1. The number of H-pyrrole nitrogens is 1. The maximum atomic E-state index is 14.0. The van der Waals surface area contributed by atoms with E-state index >= 15 is 0 Å². The lowest BCUT2D eigenvalue weighted by atomic mass is 10.1. The van der Waals surface area contributed by atoms with Crippen molar-refractivity contribution >= 4 is 22.4 Å². The number of rotatable bonds is 4. The fourth-order valence-corrected chi connectivity index (χ4v) is 3.22. The van der Waals surface area contributed by atoms with Crippen molar-refractivity contribution in [2.24, 2.45) is 10.7 Å². The second-order valence-corrected chi connectivity index (χ2v) is 5.98. The minimum absolute atomic E-state index is 0.162.